The van der Waals surface area contributed by atoms with Crippen LogP contribution in [-0.4, -0.2) is 48.1 Å². The molecule has 6 nitrogen and oxygen atoms in total. The van der Waals surface area contributed by atoms with Crippen LogP contribution in [0.3, 0.4) is 0 Å². The molecule has 0 spiro atoms. The van der Waals surface area contributed by atoms with Crippen LogP contribution < -0.4 is 0 Å². The lowest BCUT2D eigenvalue weighted by Crippen LogP contribution is -2.38. The second kappa shape index (κ2) is 6.66. The van der Waals surface area contributed by atoms with Crippen molar-refractivity contribution < 1.29 is 23.4 Å². The van der Waals surface area contributed by atoms with Gasteiger partial charge in [-0.25, -0.2) is 13.2 Å². The van der Waals surface area contributed by atoms with Crippen molar-refractivity contribution in [3.63, 3.8) is 0 Å². The van der Waals surface area contributed by atoms with Gasteiger partial charge < -0.3 is 10.2 Å². The zero-order valence-corrected chi connectivity index (χ0v) is 13.3. The molecular formula is C12H19NO5S2. The van der Waals surface area contributed by atoms with E-state index in [2.05, 4.69) is 0 Å². The molecule has 0 unspecified atom stereocenters. The molecule has 0 bridgehead atoms. The van der Waals surface area contributed by atoms with Crippen molar-refractivity contribution in [3.8, 4) is 0 Å². The van der Waals surface area contributed by atoms with E-state index in [0.717, 1.165) is 11.3 Å². The molecule has 0 radical (unpaired) electrons. The van der Waals surface area contributed by atoms with Crippen LogP contribution in [0.2, 0.25) is 0 Å². The first-order valence-electron chi connectivity index (χ1n) is 6.18. The summed E-state index contributed by atoms with van der Waals surface area (Å²) in [5.74, 6) is -1.13. The molecule has 1 rings (SSSR count). The average molecular weight is 321 g/mol. The van der Waals surface area contributed by atoms with Crippen LogP contribution in [0.25, 0.3) is 0 Å². The van der Waals surface area contributed by atoms with Gasteiger partial charge in [0.15, 0.2) is 0 Å². The third kappa shape index (κ3) is 3.57. The lowest BCUT2D eigenvalue weighted by Gasteiger charge is -2.25. The topological polar surface area (TPSA) is 94.9 Å². The van der Waals surface area contributed by atoms with E-state index in [0.29, 0.717) is 11.3 Å². The van der Waals surface area contributed by atoms with Gasteiger partial charge in [0.1, 0.15) is 4.88 Å². The van der Waals surface area contributed by atoms with Crippen molar-refractivity contribution in [1.29, 1.82) is 0 Å². The van der Waals surface area contributed by atoms with Crippen molar-refractivity contribution in [2.24, 2.45) is 0 Å². The van der Waals surface area contributed by atoms with Crippen LogP contribution >= 0.6 is 11.3 Å². The number of hydrogen-bond acceptors (Lipinski definition) is 5. The lowest BCUT2D eigenvalue weighted by molar-refractivity contribution is 0.0702. The smallest absolute Gasteiger partial charge is 0.345 e. The van der Waals surface area contributed by atoms with Gasteiger partial charge in [-0.05, 0) is 33.3 Å². The maximum Gasteiger partial charge on any atom is 0.345 e. The summed E-state index contributed by atoms with van der Waals surface area (Å²) in [6.45, 7) is 5.19. The fraction of sp³-hybridized carbons (Fsp3) is 0.583. The number of carboxylic acid groups (broad SMARTS) is 1. The van der Waals surface area contributed by atoms with E-state index in [1.165, 1.54) is 10.4 Å². The molecule has 0 amide bonds. The number of thiophene rings is 1. The van der Waals surface area contributed by atoms with Gasteiger partial charge in [0.2, 0.25) is 10.0 Å². The van der Waals surface area contributed by atoms with E-state index in [-0.39, 0.29) is 29.0 Å². The summed E-state index contributed by atoms with van der Waals surface area (Å²) < 4.78 is 26.5. The summed E-state index contributed by atoms with van der Waals surface area (Å²) in [5.41, 5.74) is 0. The van der Waals surface area contributed by atoms with Gasteiger partial charge >= 0.3 is 5.97 Å². The second-order valence-electron chi connectivity index (χ2n) is 4.62. The Balaban J connectivity index is 3.22. The molecule has 1 aromatic heterocycles. The monoisotopic (exact) mass is 321 g/mol. The van der Waals surface area contributed by atoms with Gasteiger partial charge in [0.25, 0.3) is 0 Å². The number of hydrogen-bond donors (Lipinski definition) is 2. The summed E-state index contributed by atoms with van der Waals surface area (Å²) in [7, 11) is -3.75. The number of aliphatic hydroxyl groups excluding tert-OH is 1. The molecule has 0 saturated carbocycles. The van der Waals surface area contributed by atoms with Gasteiger partial charge in [-0.2, -0.15) is 4.31 Å². The Hall–Kier alpha value is -0.960. The van der Waals surface area contributed by atoms with Gasteiger partial charge in [-0.3, -0.25) is 0 Å². The Morgan fingerprint density at radius 1 is 1.45 bits per heavy atom. The van der Waals surface area contributed by atoms with E-state index < -0.39 is 16.0 Å². The molecule has 114 valence electrons. The summed E-state index contributed by atoms with van der Waals surface area (Å²) in [6.07, 6.45) is 0.340. The van der Waals surface area contributed by atoms with Crippen LogP contribution in [0.5, 0.6) is 0 Å². The maximum atomic E-state index is 12.6. The molecule has 0 aliphatic heterocycles. The first-order chi connectivity index (χ1) is 9.21. The van der Waals surface area contributed by atoms with E-state index in [1.54, 1.807) is 20.8 Å². The van der Waals surface area contributed by atoms with Crippen molar-refractivity contribution >= 4 is 27.3 Å². The Kier molecular flexibility index (Phi) is 5.69. The van der Waals surface area contributed by atoms with Crippen molar-refractivity contribution in [3.05, 3.63) is 15.8 Å². The van der Waals surface area contributed by atoms with Crippen molar-refractivity contribution in [2.45, 2.75) is 38.1 Å². The Morgan fingerprint density at radius 2 is 2.05 bits per heavy atom. The zero-order chi connectivity index (χ0) is 15.5. The number of sulfonamides is 1. The predicted octanol–water partition coefficient (Wildman–Crippen LogP) is 1.54. The second-order valence-corrected chi connectivity index (χ2v) is 7.74. The fourth-order valence-electron chi connectivity index (χ4n) is 1.84. The predicted molar refractivity (Wildman–Crippen MR) is 76.7 cm³/mol. The summed E-state index contributed by atoms with van der Waals surface area (Å²) >= 11 is 0.948. The number of carbonyl (C=O) groups is 1. The number of aliphatic hydroxyl groups is 1. The van der Waals surface area contributed by atoms with Gasteiger partial charge in [0, 0.05) is 24.1 Å². The van der Waals surface area contributed by atoms with E-state index >= 15 is 0 Å². The van der Waals surface area contributed by atoms with Crippen molar-refractivity contribution in [2.75, 3.05) is 13.2 Å². The number of aromatic carboxylic acids is 1. The van der Waals surface area contributed by atoms with Crippen LogP contribution in [0.15, 0.2) is 11.0 Å². The SMILES string of the molecule is Cc1sc(C(=O)O)cc1S(=O)(=O)N(CCCO)C(C)C. The first kappa shape index (κ1) is 17.1. The minimum Gasteiger partial charge on any atom is -0.477 e. The number of rotatable bonds is 7. The Labute approximate surface area is 122 Å². The molecule has 0 atom stereocenters. The minimum atomic E-state index is -3.75. The van der Waals surface area contributed by atoms with Gasteiger partial charge in [0.05, 0.1) is 4.90 Å². The third-order valence-corrected chi connectivity index (χ3v) is 6.15. The Morgan fingerprint density at radius 3 is 2.45 bits per heavy atom. The summed E-state index contributed by atoms with van der Waals surface area (Å²) in [5, 5.41) is 17.8. The fourth-order valence-corrected chi connectivity index (χ4v) is 4.91. The molecule has 0 aliphatic carbocycles. The maximum absolute atomic E-state index is 12.6. The highest BCUT2D eigenvalue weighted by atomic mass is 32.2. The lowest BCUT2D eigenvalue weighted by atomic mass is 10.3. The number of nitrogens with zero attached hydrogens (tertiary/aromatic N) is 1. The summed E-state index contributed by atoms with van der Waals surface area (Å²) in [6, 6.07) is 0.936. The molecule has 0 aliphatic rings. The van der Waals surface area contributed by atoms with Crippen LogP contribution in [0.1, 0.15) is 34.8 Å². The molecule has 0 fully saturated rings. The molecule has 8 heteroatoms. The van der Waals surface area contributed by atoms with Crippen molar-refractivity contribution in [1.82, 2.24) is 4.31 Å². The highest BCUT2D eigenvalue weighted by Crippen LogP contribution is 2.29. The quantitative estimate of drug-likeness (QED) is 0.794. The Bertz CT molecular complexity index is 577. The summed E-state index contributed by atoms with van der Waals surface area (Å²) in [4.78, 5) is 11.4. The van der Waals surface area contributed by atoms with Crippen LogP contribution in [-0.2, 0) is 10.0 Å². The molecule has 20 heavy (non-hydrogen) atoms. The zero-order valence-electron chi connectivity index (χ0n) is 11.7. The van der Waals surface area contributed by atoms with Gasteiger partial charge in [-0.1, -0.05) is 0 Å². The minimum absolute atomic E-state index is 0.00643. The first-order valence-corrected chi connectivity index (χ1v) is 8.44. The standard InChI is InChI=1S/C12H19NO5S2/c1-8(2)13(5-4-6-14)20(17,18)11-7-10(12(15)16)19-9(11)3/h7-8,14H,4-6H2,1-3H3,(H,15,16). The number of carboxylic acids is 1. The highest BCUT2D eigenvalue weighted by molar-refractivity contribution is 7.89. The van der Waals surface area contributed by atoms with E-state index in [9.17, 15) is 13.2 Å². The molecule has 0 saturated heterocycles. The largest absolute Gasteiger partial charge is 0.477 e. The molecule has 2 N–H and O–H groups in total. The molecule has 1 aromatic rings. The van der Waals surface area contributed by atoms with E-state index in [1.807, 2.05) is 0 Å². The highest BCUT2D eigenvalue weighted by Gasteiger charge is 2.30. The molecular weight excluding hydrogens is 302 g/mol. The van der Waals surface area contributed by atoms with Crippen LogP contribution in [0.4, 0.5) is 0 Å². The van der Waals surface area contributed by atoms with Crippen LogP contribution in [0, 0.1) is 6.92 Å². The molecule has 1 heterocycles. The average Bonchev–Trinajstić information content (AvgIpc) is 2.72. The van der Waals surface area contributed by atoms with E-state index in [4.69, 9.17) is 10.2 Å². The normalized spacial score (nSPS) is 12.3. The number of aryl methyl sites for hydroxylation is 1. The third-order valence-electron chi connectivity index (χ3n) is 2.78. The molecule has 0 aromatic carbocycles. The van der Waals surface area contributed by atoms with Gasteiger partial charge in [-0.15, -0.1) is 11.3 Å².